The van der Waals surface area contributed by atoms with E-state index in [0.717, 1.165) is 19.3 Å². The highest BCUT2D eigenvalue weighted by molar-refractivity contribution is 4.63. The lowest BCUT2D eigenvalue weighted by Gasteiger charge is -2.08. The van der Waals surface area contributed by atoms with Crippen LogP contribution in [-0.4, -0.2) is 12.5 Å². The van der Waals surface area contributed by atoms with Crippen molar-refractivity contribution in [1.82, 2.24) is 0 Å². The van der Waals surface area contributed by atoms with Gasteiger partial charge >= 0.3 is 0 Å². The highest BCUT2D eigenvalue weighted by Gasteiger charge is 2.13. The summed E-state index contributed by atoms with van der Waals surface area (Å²) in [7, 11) is 0. The molecular formula is C9H19F2N. The Labute approximate surface area is 73.3 Å². The summed E-state index contributed by atoms with van der Waals surface area (Å²) >= 11 is 0. The second kappa shape index (κ2) is 7.47. The Morgan fingerprint density at radius 2 is 1.67 bits per heavy atom. The van der Waals surface area contributed by atoms with Crippen LogP contribution in [0.1, 0.15) is 45.4 Å². The molecule has 0 fully saturated rings. The SMILES string of the molecule is CCCCCCCC(N)C(F)F. The summed E-state index contributed by atoms with van der Waals surface area (Å²) in [4.78, 5) is 0. The van der Waals surface area contributed by atoms with Gasteiger partial charge in [-0.25, -0.2) is 8.78 Å². The molecular weight excluding hydrogens is 160 g/mol. The van der Waals surface area contributed by atoms with Crippen LogP contribution in [0.15, 0.2) is 0 Å². The van der Waals surface area contributed by atoms with E-state index in [-0.39, 0.29) is 0 Å². The minimum atomic E-state index is -2.35. The third-order valence-electron chi connectivity index (χ3n) is 1.96. The van der Waals surface area contributed by atoms with Crippen LogP contribution < -0.4 is 5.73 Å². The van der Waals surface area contributed by atoms with E-state index in [2.05, 4.69) is 6.92 Å². The first-order valence-corrected chi connectivity index (χ1v) is 4.72. The molecule has 0 aliphatic heterocycles. The molecule has 0 bridgehead atoms. The fraction of sp³-hybridized carbons (Fsp3) is 1.00. The topological polar surface area (TPSA) is 26.0 Å². The fourth-order valence-corrected chi connectivity index (χ4v) is 1.11. The van der Waals surface area contributed by atoms with E-state index in [1.165, 1.54) is 12.8 Å². The number of rotatable bonds is 7. The van der Waals surface area contributed by atoms with Gasteiger partial charge in [0.1, 0.15) is 0 Å². The van der Waals surface area contributed by atoms with Crippen molar-refractivity contribution < 1.29 is 8.78 Å². The molecule has 3 heteroatoms. The number of nitrogens with two attached hydrogens (primary N) is 1. The third-order valence-corrected chi connectivity index (χ3v) is 1.96. The van der Waals surface area contributed by atoms with Crippen molar-refractivity contribution in [3.05, 3.63) is 0 Å². The predicted molar refractivity (Wildman–Crippen MR) is 47.4 cm³/mol. The fourth-order valence-electron chi connectivity index (χ4n) is 1.11. The zero-order valence-corrected chi connectivity index (χ0v) is 7.73. The molecule has 0 amide bonds. The zero-order chi connectivity index (χ0) is 9.40. The van der Waals surface area contributed by atoms with Crippen LogP contribution in [0.25, 0.3) is 0 Å². The first-order chi connectivity index (χ1) is 5.68. The zero-order valence-electron chi connectivity index (χ0n) is 7.73. The van der Waals surface area contributed by atoms with Gasteiger partial charge in [-0.15, -0.1) is 0 Å². The van der Waals surface area contributed by atoms with Gasteiger partial charge in [0.25, 0.3) is 6.43 Å². The molecule has 0 spiro atoms. The van der Waals surface area contributed by atoms with E-state index in [0.29, 0.717) is 6.42 Å². The summed E-state index contributed by atoms with van der Waals surface area (Å²) < 4.78 is 23.8. The quantitative estimate of drug-likeness (QED) is 0.597. The van der Waals surface area contributed by atoms with Crippen molar-refractivity contribution in [2.75, 3.05) is 0 Å². The molecule has 0 rings (SSSR count). The predicted octanol–water partition coefficient (Wildman–Crippen LogP) is 2.94. The van der Waals surface area contributed by atoms with Gasteiger partial charge in [0.15, 0.2) is 0 Å². The second-order valence-electron chi connectivity index (χ2n) is 3.20. The molecule has 12 heavy (non-hydrogen) atoms. The molecule has 0 saturated carbocycles. The summed E-state index contributed by atoms with van der Waals surface area (Å²) in [5.74, 6) is 0. The Bertz CT molecular complexity index is 96.5. The van der Waals surface area contributed by atoms with Gasteiger partial charge in [0.2, 0.25) is 0 Å². The minimum Gasteiger partial charge on any atom is -0.323 e. The van der Waals surface area contributed by atoms with E-state index in [4.69, 9.17) is 5.73 Å². The number of unbranched alkanes of at least 4 members (excludes halogenated alkanes) is 4. The highest BCUT2D eigenvalue weighted by Crippen LogP contribution is 2.09. The molecule has 0 aromatic carbocycles. The van der Waals surface area contributed by atoms with E-state index < -0.39 is 12.5 Å². The van der Waals surface area contributed by atoms with Gasteiger partial charge in [0.05, 0.1) is 6.04 Å². The van der Waals surface area contributed by atoms with Crippen LogP contribution in [0.5, 0.6) is 0 Å². The number of hydrogen-bond acceptors (Lipinski definition) is 1. The monoisotopic (exact) mass is 179 g/mol. The lowest BCUT2D eigenvalue weighted by molar-refractivity contribution is 0.111. The van der Waals surface area contributed by atoms with Crippen LogP contribution in [0.4, 0.5) is 8.78 Å². The smallest absolute Gasteiger partial charge is 0.253 e. The van der Waals surface area contributed by atoms with E-state index in [9.17, 15) is 8.78 Å². The molecule has 1 atom stereocenters. The maximum absolute atomic E-state index is 11.9. The highest BCUT2D eigenvalue weighted by atomic mass is 19.3. The molecule has 0 saturated heterocycles. The largest absolute Gasteiger partial charge is 0.323 e. The Kier molecular flexibility index (Phi) is 7.36. The van der Waals surface area contributed by atoms with Crippen molar-refractivity contribution >= 4 is 0 Å². The number of alkyl halides is 2. The van der Waals surface area contributed by atoms with Crippen LogP contribution in [0.3, 0.4) is 0 Å². The summed E-state index contributed by atoms with van der Waals surface area (Å²) in [6, 6.07) is -0.911. The van der Waals surface area contributed by atoms with Gasteiger partial charge in [-0.1, -0.05) is 39.0 Å². The van der Waals surface area contributed by atoms with Crippen molar-refractivity contribution in [1.29, 1.82) is 0 Å². The molecule has 74 valence electrons. The molecule has 0 heterocycles. The Balaban J connectivity index is 3.08. The van der Waals surface area contributed by atoms with Gasteiger partial charge in [-0.05, 0) is 6.42 Å². The number of hydrogen-bond donors (Lipinski definition) is 1. The number of halogens is 2. The Hall–Kier alpha value is -0.180. The summed E-state index contributed by atoms with van der Waals surface area (Å²) in [6.45, 7) is 2.13. The lowest BCUT2D eigenvalue weighted by Crippen LogP contribution is -2.28. The van der Waals surface area contributed by atoms with Crippen LogP contribution >= 0.6 is 0 Å². The molecule has 0 aliphatic rings. The van der Waals surface area contributed by atoms with Gasteiger partial charge < -0.3 is 5.73 Å². The first kappa shape index (κ1) is 11.8. The summed E-state index contributed by atoms with van der Waals surface area (Å²) in [5.41, 5.74) is 5.18. The van der Waals surface area contributed by atoms with Gasteiger partial charge in [-0.2, -0.15) is 0 Å². The normalized spacial score (nSPS) is 13.8. The van der Waals surface area contributed by atoms with E-state index in [1.807, 2.05) is 0 Å². The summed E-state index contributed by atoms with van der Waals surface area (Å²) in [6.07, 6.45) is 3.51. The van der Waals surface area contributed by atoms with Crippen molar-refractivity contribution in [2.45, 2.75) is 57.9 Å². The standard InChI is InChI=1S/C9H19F2N/c1-2-3-4-5-6-7-8(12)9(10)11/h8-9H,2-7,12H2,1H3. The molecule has 0 aromatic rings. The van der Waals surface area contributed by atoms with Crippen molar-refractivity contribution in [3.8, 4) is 0 Å². The van der Waals surface area contributed by atoms with Crippen LogP contribution in [0, 0.1) is 0 Å². The van der Waals surface area contributed by atoms with E-state index >= 15 is 0 Å². The second-order valence-corrected chi connectivity index (χ2v) is 3.20. The first-order valence-electron chi connectivity index (χ1n) is 4.72. The molecule has 1 nitrogen and oxygen atoms in total. The third kappa shape index (κ3) is 6.53. The summed E-state index contributed by atoms with van der Waals surface area (Å²) in [5, 5.41) is 0. The van der Waals surface area contributed by atoms with Gasteiger partial charge in [0, 0.05) is 0 Å². The maximum atomic E-state index is 11.9. The lowest BCUT2D eigenvalue weighted by atomic mass is 10.1. The van der Waals surface area contributed by atoms with Crippen molar-refractivity contribution in [3.63, 3.8) is 0 Å². The molecule has 1 unspecified atom stereocenters. The molecule has 0 aromatic heterocycles. The Morgan fingerprint density at radius 1 is 1.08 bits per heavy atom. The van der Waals surface area contributed by atoms with Crippen molar-refractivity contribution in [2.24, 2.45) is 5.73 Å². The average molecular weight is 179 g/mol. The average Bonchev–Trinajstić information content (AvgIpc) is 2.03. The van der Waals surface area contributed by atoms with Crippen LogP contribution in [-0.2, 0) is 0 Å². The van der Waals surface area contributed by atoms with Gasteiger partial charge in [-0.3, -0.25) is 0 Å². The maximum Gasteiger partial charge on any atom is 0.253 e. The molecule has 0 aliphatic carbocycles. The Morgan fingerprint density at radius 3 is 2.17 bits per heavy atom. The van der Waals surface area contributed by atoms with E-state index in [1.54, 1.807) is 0 Å². The van der Waals surface area contributed by atoms with Crippen LogP contribution in [0.2, 0.25) is 0 Å². The molecule has 2 N–H and O–H groups in total. The minimum absolute atomic E-state index is 0.460. The molecule has 0 radical (unpaired) electrons.